The molecule has 7 amide bonds. The van der Waals surface area contributed by atoms with E-state index in [0.29, 0.717) is 31.1 Å². The Morgan fingerprint density at radius 1 is 0.561 bits per heavy atom. The van der Waals surface area contributed by atoms with Gasteiger partial charge in [0.25, 0.3) is 0 Å². The first-order valence-electron chi connectivity index (χ1n) is 36.0. The topological polar surface area (TPSA) is 414 Å². The SMILES string of the molecule is CCCCCCCCCCNCc1c(O)cc2c(c1O)-c1cc(ccc1O)[C@H]1NC(=O)[C@@H]3NC(=O)[C@H]4NC(=O)[C@@H](Cc5ccc(c(Cl)c5)Oc5cc3cc(c5O)Oc3ccc(cc3Cl)[C@@H](O)[C@H](NC1=O)C(=O)N[C@@H]2C(=O)NCCCN1CCCCC1C)NC(=O)[C@H](N)c1ccc(O)c(c1)Oc1cc(O)cc4c1. The number of aliphatic hydroxyl groups excluding tert-OH is 1. The molecule has 9 atom stereocenters. The van der Waals surface area contributed by atoms with Gasteiger partial charge in [0, 0.05) is 49.3 Å². The molecular formula is C78H86Cl2N10O17. The average molecular weight is 1510 g/mol. The first-order chi connectivity index (χ1) is 51.4. The van der Waals surface area contributed by atoms with E-state index >= 15 is 28.8 Å². The van der Waals surface area contributed by atoms with E-state index in [0.717, 1.165) is 101 Å². The van der Waals surface area contributed by atoms with Crippen LogP contribution in [0.25, 0.3) is 11.1 Å². The lowest BCUT2D eigenvalue weighted by molar-refractivity contribution is -0.137. The summed E-state index contributed by atoms with van der Waals surface area (Å²) >= 11 is 14.0. The summed E-state index contributed by atoms with van der Waals surface area (Å²) in [4.78, 5) is 110. The van der Waals surface area contributed by atoms with Crippen LogP contribution in [0.3, 0.4) is 0 Å². The highest BCUT2D eigenvalue weighted by molar-refractivity contribution is 6.32. The third kappa shape index (κ3) is 17.3. The number of halogens is 2. The Kier molecular flexibility index (Phi) is 23.8. The molecule has 27 nitrogen and oxygen atoms in total. The molecule has 7 aliphatic rings. The van der Waals surface area contributed by atoms with Gasteiger partial charge in [-0.3, -0.25) is 33.6 Å². The number of piperidine rings is 1. The molecule has 1 fully saturated rings. The van der Waals surface area contributed by atoms with E-state index in [2.05, 4.69) is 61.3 Å². The first-order valence-corrected chi connectivity index (χ1v) is 36.7. The summed E-state index contributed by atoms with van der Waals surface area (Å²) in [6.07, 6.45) is 9.46. The number of unbranched alkanes of at least 4 members (excludes halogenated alkanes) is 7. The minimum absolute atomic E-state index is 0.0775. The highest BCUT2D eigenvalue weighted by atomic mass is 35.5. The number of rotatable bonds is 16. The fourth-order valence-electron chi connectivity index (χ4n) is 14.2. The Morgan fingerprint density at radius 3 is 1.89 bits per heavy atom. The lowest BCUT2D eigenvalue weighted by Crippen LogP contribution is -2.56. The van der Waals surface area contributed by atoms with Gasteiger partial charge in [0.2, 0.25) is 47.1 Å². The Hall–Kier alpha value is -10.6. The molecule has 17 bridgehead atoms. The summed E-state index contributed by atoms with van der Waals surface area (Å²) < 4.78 is 18.8. The van der Waals surface area contributed by atoms with Gasteiger partial charge in [0.1, 0.15) is 88.6 Å². The molecule has 7 aromatic rings. The van der Waals surface area contributed by atoms with Crippen LogP contribution in [0.15, 0.2) is 109 Å². The van der Waals surface area contributed by atoms with Crippen molar-refractivity contribution in [1.29, 1.82) is 0 Å². The van der Waals surface area contributed by atoms with E-state index in [1.54, 1.807) is 0 Å². The standard InChI is InChI=1S/C78H86Cl2N10O17/c1-3-4-5-6-7-8-9-11-23-82-38-50-56(94)37-49-62(70(50)96)48-31-42(17-19-54(48)92)64-75(101)89-68(78(104)88-67(49)74(100)83-24-13-26-90-25-12-10-14-39(90)2)69(95)43-18-22-58(52(80)32-43)107-61-35-45-34-60(71(61)97)106-57-21-15-40(27-51(57)79)28-53-72(98)85-65(76(102)87-66(45)77(103)86-64)44-29-46(91)36-47(30-44)105-59-33-41(16-20-55(59)93)63(81)73(99)84-53/h15-22,27,29-37,39,53,63-69,82,91-97H,3-14,23-26,28,38,81H2,1-2H3,(H,83,100)(H,84,99)(H,85,98)(H,86,103)(H,87,102)(H,88,104)(H,89,101)/t39?,53-,63-,64-,65+,66-,67+,68+,69-/m1/s1. The molecule has 0 saturated carbocycles. The minimum atomic E-state index is -2.16. The maximum absolute atomic E-state index is 16.2. The fraction of sp³-hybridized carbons (Fsp3) is 0.372. The second-order valence-electron chi connectivity index (χ2n) is 27.7. The molecular weight excluding hydrogens is 1420 g/mol. The van der Waals surface area contributed by atoms with Crippen LogP contribution in [0, 0.1) is 0 Å². The summed E-state index contributed by atoms with van der Waals surface area (Å²) in [7, 11) is 0. The van der Waals surface area contributed by atoms with Crippen LogP contribution < -0.4 is 62.5 Å². The van der Waals surface area contributed by atoms with E-state index in [1.165, 1.54) is 85.3 Å². The first kappa shape index (κ1) is 76.1. The number of carbonyl (C=O) groups excluding carboxylic acids is 7. The third-order valence-electron chi connectivity index (χ3n) is 20.1. The van der Waals surface area contributed by atoms with Gasteiger partial charge in [-0.1, -0.05) is 106 Å². The molecule has 0 radical (unpaired) electrons. The number of benzene rings is 7. The highest BCUT2D eigenvalue weighted by Gasteiger charge is 2.42. The van der Waals surface area contributed by atoms with Crippen molar-refractivity contribution in [3.8, 4) is 80.1 Å². The number of nitrogens with one attached hydrogen (secondary N) is 8. The largest absolute Gasteiger partial charge is 0.508 e. The molecule has 17 N–H and O–H groups in total. The Bertz CT molecular complexity index is 4580. The van der Waals surface area contributed by atoms with Crippen molar-refractivity contribution >= 4 is 64.6 Å². The van der Waals surface area contributed by atoms with Crippen LogP contribution in [0.2, 0.25) is 10.0 Å². The predicted molar refractivity (Wildman–Crippen MR) is 394 cm³/mol. The number of ether oxygens (including phenoxy) is 3. The maximum atomic E-state index is 16.2. The lowest BCUT2D eigenvalue weighted by atomic mass is 9.87. The van der Waals surface area contributed by atoms with Crippen molar-refractivity contribution in [2.75, 3.05) is 26.2 Å². The molecule has 0 spiro atoms. The van der Waals surface area contributed by atoms with Crippen LogP contribution >= 0.6 is 23.2 Å². The monoisotopic (exact) mass is 1500 g/mol. The van der Waals surface area contributed by atoms with E-state index in [1.807, 2.05) is 0 Å². The number of hydrogen-bond acceptors (Lipinski definition) is 20. The molecule has 7 aliphatic heterocycles. The predicted octanol–water partition coefficient (Wildman–Crippen LogP) is 9.51. The van der Waals surface area contributed by atoms with E-state index in [9.17, 15) is 40.5 Å². The fourth-order valence-corrected chi connectivity index (χ4v) is 14.6. The van der Waals surface area contributed by atoms with E-state index in [-0.39, 0.29) is 103 Å². The molecule has 0 aliphatic carbocycles. The zero-order valence-electron chi connectivity index (χ0n) is 58.8. The van der Waals surface area contributed by atoms with Gasteiger partial charge in [0.05, 0.1) is 15.6 Å². The molecule has 564 valence electrons. The number of fused-ring (bicyclic) bond motifs is 14. The molecule has 14 rings (SSSR count). The van der Waals surface area contributed by atoms with Crippen LogP contribution in [-0.4, -0.2) is 126 Å². The summed E-state index contributed by atoms with van der Waals surface area (Å²) in [5.74, 6) is -13.1. The van der Waals surface area contributed by atoms with Crippen molar-refractivity contribution in [2.45, 2.75) is 158 Å². The number of phenols is 6. The summed E-state index contributed by atoms with van der Waals surface area (Å²) in [5.41, 5.74) is 5.18. The van der Waals surface area contributed by atoms with Crippen LogP contribution in [-0.2, 0) is 46.5 Å². The van der Waals surface area contributed by atoms with Gasteiger partial charge < -0.3 is 103 Å². The Morgan fingerprint density at radius 2 is 1.19 bits per heavy atom. The van der Waals surface area contributed by atoms with Gasteiger partial charge in [-0.25, -0.2) is 0 Å². The number of phenolic OH excluding ortho intramolecular Hbond substituents is 6. The smallest absolute Gasteiger partial charge is 0.248 e. The van der Waals surface area contributed by atoms with E-state index in [4.69, 9.17) is 43.1 Å². The number of amides is 7. The minimum Gasteiger partial charge on any atom is -0.508 e. The number of likely N-dealkylation sites (tertiary alicyclic amines) is 1. The molecule has 1 saturated heterocycles. The quantitative estimate of drug-likeness (QED) is 0.0400. The van der Waals surface area contributed by atoms with Gasteiger partial charge >= 0.3 is 0 Å². The Balaban J connectivity index is 1.02. The molecule has 7 heterocycles. The zero-order valence-corrected chi connectivity index (χ0v) is 60.3. The third-order valence-corrected chi connectivity index (χ3v) is 20.7. The second kappa shape index (κ2) is 33.5. The number of carbonyl (C=O) groups is 7. The summed E-state index contributed by atoms with van der Waals surface area (Å²) in [6, 6.07) is 9.28. The van der Waals surface area contributed by atoms with Gasteiger partial charge in [-0.15, -0.1) is 0 Å². The van der Waals surface area contributed by atoms with E-state index < -0.39 is 136 Å². The van der Waals surface area contributed by atoms with Crippen molar-refractivity contribution in [3.63, 3.8) is 0 Å². The number of hydrogen-bond donors (Lipinski definition) is 16. The van der Waals surface area contributed by atoms with Crippen LogP contribution in [0.1, 0.15) is 172 Å². The molecule has 29 heteroatoms. The highest BCUT2D eigenvalue weighted by Crippen LogP contribution is 2.49. The van der Waals surface area contributed by atoms with Crippen molar-refractivity contribution < 1.29 is 83.5 Å². The van der Waals surface area contributed by atoms with Gasteiger partial charge in [0.15, 0.2) is 23.0 Å². The number of aliphatic hydroxyl groups is 1. The van der Waals surface area contributed by atoms with Crippen LogP contribution in [0.4, 0.5) is 0 Å². The maximum Gasteiger partial charge on any atom is 0.248 e. The lowest BCUT2D eigenvalue weighted by Gasteiger charge is -2.33. The van der Waals surface area contributed by atoms with Crippen molar-refractivity contribution in [2.24, 2.45) is 5.73 Å². The summed E-state index contributed by atoms with van der Waals surface area (Å²) in [5, 5.41) is 106. The molecule has 0 aromatic heterocycles. The van der Waals surface area contributed by atoms with Crippen LogP contribution in [0.5, 0.6) is 69.0 Å². The second-order valence-corrected chi connectivity index (χ2v) is 28.5. The number of nitrogens with zero attached hydrogens (tertiary/aromatic N) is 1. The number of nitrogens with two attached hydrogens (primary N) is 1. The molecule has 1 unspecified atom stereocenters. The molecule has 107 heavy (non-hydrogen) atoms. The van der Waals surface area contributed by atoms with Gasteiger partial charge in [-0.2, -0.15) is 0 Å². The Labute approximate surface area is 626 Å². The van der Waals surface area contributed by atoms with Crippen molar-refractivity contribution in [3.05, 3.63) is 164 Å². The zero-order chi connectivity index (χ0) is 75.9. The molecule has 7 aromatic carbocycles. The van der Waals surface area contributed by atoms with Crippen molar-refractivity contribution in [1.82, 2.24) is 47.4 Å². The number of aromatic hydroxyl groups is 6. The normalized spacial score (nSPS) is 21.7. The summed E-state index contributed by atoms with van der Waals surface area (Å²) in [6.45, 7) is 6.18. The van der Waals surface area contributed by atoms with Gasteiger partial charge in [-0.05, 0) is 164 Å². The average Bonchev–Trinajstić information content (AvgIpc) is 0.758.